The highest BCUT2D eigenvalue weighted by Gasteiger charge is 2.18. The minimum absolute atomic E-state index is 0.0317. The largest absolute Gasteiger partial charge is 0.488 e. The minimum Gasteiger partial charge on any atom is -0.488 e. The molecule has 0 aliphatic heterocycles. The van der Waals surface area contributed by atoms with E-state index in [0.29, 0.717) is 11.4 Å². The van der Waals surface area contributed by atoms with E-state index in [1.165, 1.54) is 6.07 Å². The molecule has 0 unspecified atom stereocenters. The van der Waals surface area contributed by atoms with Crippen LogP contribution in [0.4, 0.5) is 10.5 Å². The van der Waals surface area contributed by atoms with Crippen molar-refractivity contribution in [1.82, 2.24) is 5.32 Å². The summed E-state index contributed by atoms with van der Waals surface area (Å²) < 4.78 is 11.0. The number of anilines is 1. The SMILES string of the molecule is CC(C)(C)OC(=O)Nc1ccc(OCc2ccccc2)c(C(=O)NCCC(=O)O)c1. The van der Waals surface area contributed by atoms with Gasteiger partial charge in [0.15, 0.2) is 0 Å². The van der Waals surface area contributed by atoms with E-state index in [4.69, 9.17) is 14.6 Å². The quantitative estimate of drug-likeness (QED) is 0.605. The van der Waals surface area contributed by atoms with E-state index in [1.54, 1.807) is 32.9 Å². The van der Waals surface area contributed by atoms with Crippen molar-refractivity contribution in [2.24, 2.45) is 0 Å². The third-order valence-corrected chi connectivity index (χ3v) is 3.73. The number of carbonyl (C=O) groups is 3. The maximum atomic E-state index is 12.6. The molecule has 0 bridgehead atoms. The predicted octanol–water partition coefficient (Wildman–Crippen LogP) is 3.82. The molecule has 8 nitrogen and oxygen atoms in total. The van der Waals surface area contributed by atoms with Crippen molar-refractivity contribution in [3.8, 4) is 5.75 Å². The Morgan fingerprint density at radius 2 is 1.73 bits per heavy atom. The standard InChI is InChI=1S/C22H26N2O6/c1-22(2,3)30-21(28)24-16-9-10-18(29-14-15-7-5-4-6-8-15)17(13-16)20(27)23-12-11-19(25)26/h4-10,13H,11-12,14H2,1-3H3,(H,23,27)(H,24,28)(H,25,26). The predicted molar refractivity (Wildman–Crippen MR) is 112 cm³/mol. The van der Waals surface area contributed by atoms with Gasteiger partial charge in [-0.15, -0.1) is 0 Å². The Morgan fingerprint density at radius 3 is 2.37 bits per heavy atom. The Kier molecular flexibility index (Phi) is 7.80. The van der Waals surface area contributed by atoms with E-state index in [1.807, 2.05) is 30.3 Å². The van der Waals surface area contributed by atoms with Crippen molar-refractivity contribution >= 4 is 23.7 Å². The number of carboxylic acid groups (broad SMARTS) is 1. The van der Waals surface area contributed by atoms with Crippen LogP contribution >= 0.6 is 0 Å². The molecule has 0 saturated heterocycles. The molecule has 160 valence electrons. The van der Waals surface area contributed by atoms with Gasteiger partial charge in [-0.25, -0.2) is 4.79 Å². The zero-order valence-corrected chi connectivity index (χ0v) is 17.2. The molecule has 2 aromatic rings. The molecule has 30 heavy (non-hydrogen) atoms. The van der Waals surface area contributed by atoms with Crippen molar-refractivity contribution in [3.05, 3.63) is 59.7 Å². The van der Waals surface area contributed by atoms with Gasteiger partial charge in [0.2, 0.25) is 0 Å². The van der Waals surface area contributed by atoms with Gasteiger partial charge in [0.05, 0.1) is 12.0 Å². The Morgan fingerprint density at radius 1 is 1.03 bits per heavy atom. The third kappa shape index (κ3) is 7.83. The Bertz CT molecular complexity index is 890. The van der Waals surface area contributed by atoms with Gasteiger partial charge in [0, 0.05) is 12.2 Å². The first-order valence-corrected chi connectivity index (χ1v) is 9.45. The number of carboxylic acids is 1. The van der Waals surface area contributed by atoms with E-state index < -0.39 is 23.6 Å². The molecule has 0 aliphatic carbocycles. The maximum Gasteiger partial charge on any atom is 0.412 e. The lowest BCUT2D eigenvalue weighted by molar-refractivity contribution is -0.136. The highest BCUT2D eigenvalue weighted by molar-refractivity contribution is 5.99. The first-order chi connectivity index (χ1) is 14.1. The zero-order chi connectivity index (χ0) is 22.1. The molecular formula is C22H26N2O6. The summed E-state index contributed by atoms with van der Waals surface area (Å²) >= 11 is 0. The fraction of sp³-hybridized carbons (Fsp3) is 0.318. The Hall–Kier alpha value is -3.55. The number of hydrogen-bond acceptors (Lipinski definition) is 5. The summed E-state index contributed by atoms with van der Waals surface area (Å²) in [5.74, 6) is -1.22. The van der Waals surface area contributed by atoms with E-state index in [0.717, 1.165) is 5.56 Å². The lowest BCUT2D eigenvalue weighted by Gasteiger charge is -2.20. The van der Waals surface area contributed by atoms with Crippen LogP contribution in [-0.2, 0) is 16.1 Å². The molecule has 0 radical (unpaired) electrons. The lowest BCUT2D eigenvalue weighted by atomic mass is 10.1. The second-order valence-corrected chi connectivity index (χ2v) is 7.51. The summed E-state index contributed by atoms with van der Waals surface area (Å²) in [6.07, 6.45) is -0.861. The molecule has 0 saturated carbocycles. The molecule has 2 amide bonds. The van der Waals surface area contributed by atoms with Gasteiger partial charge in [0.1, 0.15) is 18.0 Å². The Balaban J connectivity index is 2.18. The van der Waals surface area contributed by atoms with Gasteiger partial charge in [0.25, 0.3) is 5.91 Å². The number of rotatable bonds is 8. The van der Waals surface area contributed by atoms with Gasteiger partial charge in [-0.2, -0.15) is 0 Å². The number of nitrogens with one attached hydrogen (secondary N) is 2. The monoisotopic (exact) mass is 414 g/mol. The third-order valence-electron chi connectivity index (χ3n) is 3.73. The maximum absolute atomic E-state index is 12.6. The molecule has 3 N–H and O–H groups in total. The molecule has 0 spiro atoms. The summed E-state index contributed by atoms with van der Waals surface area (Å²) in [7, 11) is 0. The summed E-state index contributed by atoms with van der Waals surface area (Å²) in [5, 5.41) is 13.9. The average molecular weight is 414 g/mol. The number of ether oxygens (including phenoxy) is 2. The van der Waals surface area contributed by atoms with Crippen LogP contribution in [0.25, 0.3) is 0 Å². The summed E-state index contributed by atoms with van der Waals surface area (Å²) in [4.78, 5) is 35.3. The molecule has 8 heteroatoms. The van der Waals surface area contributed by atoms with Crippen molar-refractivity contribution < 1.29 is 29.0 Å². The fourth-order valence-corrected chi connectivity index (χ4v) is 2.45. The van der Waals surface area contributed by atoms with Crippen LogP contribution in [0, 0.1) is 0 Å². The molecule has 0 aromatic heterocycles. The second-order valence-electron chi connectivity index (χ2n) is 7.51. The highest BCUT2D eigenvalue weighted by Crippen LogP contribution is 2.24. The lowest BCUT2D eigenvalue weighted by Crippen LogP contribution is -2.28. The van der Waals surface area contributed by atoms with Crippen molar-refractivity contribution in [2.75, 3.05) is 11.9 Å². The summed E-state index contributed by atoms with van der Waals surface area (Å²) in [6, 6.07) is 14.1. The van der Waals surface area contributed by atoms with E-state index in [-0.39, 0.29) is 25.1 Å². The van der Waals surface area contributed by atoms with Crippen LogP contribution < -0.4 is 15.4 Å². The minimum atomic E-state index is -1.02. The fourth-order valence-electron chi connectivity index (χ4n) is 2.45. The van der Waals surface area contributed by atoms with Crippen LogP contribution in [-0.4, -0.2) is 35.2 Å². The normalized spacial score (nSPS) is 10.8. The van der Waals surface area contributed by atoms with Crippen LogP contribution in [0.3, 0.4) is 0 Å². The molecular weight excluding hydrogens is 388 g/mol. The van der Waals surface area contributed by atoms with Crippen LogP contribution in [0.1, 0.15) is 43.1 Å². The van der Waals surface area contributed by atoms with Crippen LogP contribution in [0.15, 0.2) is 48.5 Å². The van der Waals surface area contributed by atoms with Crippen molar-refractivity contribution in [1.29, 1.82) is 0 Å². The van der Waals surface area contributed by atoms with Gasteiger partial charge >= 0.3 is 12.1 Å². The first kappa shape index (κ1) is 22.7. The zero-order valence-electron chi connectivity index (χ0n) is 17.2. The van der Waals surface area contributed by atoms with Crippen molar-refractivity contribution in [3.63, 3.8) is 0 Å². The highest BCUT2D eigenvalue weighted by atomic mass is 16.6. The molecule has 0 atom stereocenters. The van der Waals surface area contributed by atoms with E-state index in [9.17, 15) is 14.4 Å². The molecule has 2 rings (SSSR count). The van der Waals surface area contributed by atoms with Crippen molar-refractivity contribution in [2.45, 2.75) is 39.4 Å². The molecule has 0 aliphatic rings. The van der Waals surface area contributed by atoms with Crippen LogP contribution in [0.2, 0.25) is 0 Å². The summed E-state index contributed by atoms with van der Waals surface area (Å²) in [5.41, 5.74) is 0.773. The van der Waals surface area contributed by atoms with E-state index in [2.05, 4.69) is 10.6 Å². The smallest absolute Gasteiger partial charge is 0.412 e. The number of carbonyl (C=O) groups excluding carboxylic acids is 2. The average Bonchev–Trinajstić information content (AvgIpc) is 2.65. The number of hydrogen-bond donors (Lipinski definition) is 3. The molecule has 0 fully saturated rings. The van der Waals surface area contributed by atoms with Crippen LogP contribution in [0.5, 0.6) is 5.75 Å². The molecule has 2 aromatic carbocycles. The number of benzene rings is 2. The van der Waals surface area contributed by atoms with E-state index >= 15 is 0 Å². The van der Waals surface area contributed by atoms with Gasteiger partial charge in [-0.3, -0.25) is 14.9 Å². The number of aliphatic carboxylic acids is 1. The Labute approximate surface area is 175 Å². The van der Waals surface area contributed by atoms with Gasteiger partial charge < -0.3 is 19.9 Å². The second kappa shape index (κ2) is 10.3. The van der Waals surface area contributed by atoms with Gasteiger partial charge in [-0.1, -0.05) is 30.3 Å². The van der Waals surface area contributed by atoms with Gasteiger partial charge in [-0.05, 0) is 44.5 Å². The topological polar surface area (TPSA) is 114 Å². The molecule has 0 heterocycles. The number of amides is 2. The first-order valence-electron chi connectivity index (χ1n) is 9.45. The summed E-state index contributed by atoms with van der Waals surface area (Å²) in [6.45, 7) is 5.45.